The fourth-order valence-electron chi connectivity index (χ4n) is 0.308. The SMILES string of the molecule is O=C(CCNO)P(=O)(O)O. The van der Waals surface area contributed by atoms with Crippen LogP contribution in [0.3, 0.4) is 0 Å². The molecule has 0 fully saturated rings. The van der Waals surface area contributed by atoms with Crippen LogP contribution in [-0.4, -0.2) is 27.1 Å². The molecule has 0 amide bonds. The average molecular weight is 169 g/mol. The number of hydrogen-bond donors (Lipinski definition) is 4. The molecule has 60 valence electrons. The highest BCUT2D eigenvalue weighted by atomic mass is 31.2. The molecule has 7 heteroatoms. The Hall–Kier alpha value is -0.260. The lowest BCUT2D eigenvalue weighted by Crippen LogP contribution is -2.13. The van der Waals surface area contributed by atoms with Crippen molar-refractivity contribution in [3.8, 4) is 0 Å². The van der Waals surface area contributed by atoms with Crippen LogP contribution in [0.5, 0.6) is 0 Å². The van der Waals surface area contributed by atoms with E-state index in [1.165, 1.54) is 0 Å². The van der Waals surface area contributed by atoms with Gasteiger partial charge in [0.15, 0.2) is 0 Å². The first kappa shape index (κ1) is 9.74. The van der Waals surface area contributed by atoms with Gasteiger partial charge in [0.1, 0.15) is 0 Å². The molecule has 4 N–H and O–H groups in total. The molecule has 0 atom stereocenters. The van der Waals surface area contributed by atoms with Gasteiger partial charge in [-0.25, -0.2) is 5.48 Å². The summed E-state index contributed by atoms with van der Waals surface area (Å²) in [6.45, 7) is -0.149. The fourth-order valence-corrected chi connectivity index (χ4v) is 0.712. The van der Waals surface area contributed by atoms with Crippen LogP contribution in [0.2, 0.25) is 0 Å². The van der Waals surface area contributed by atoms with Crippen molar-refractivity contribution in [3.05, 3.63) is 0 Å². The van der Waals surface area contributed by atoms with Crippen LogP contribution >= 0.6 is 7.60 Å². The quantitative estimate of drug-likeness (QED) is 0.319. The lowest BCUT2D eigenvalue weighted by molar-refractivity contribution is -0.113. The summed E-state index contributed by atoms with van der Waals surface area (Å²) in [5.74, 6) is 0. The standard InChI is InChI=1S/C3H8NO5P/c5-3(1-2-4-6)10(7,8)9/h4,6H,1-2H2,(H2,7,8,9). The lowest BCUT2D eigenvalue weighted by Gasteiger charge is -1.99. The Morgan fingerprint density at radius 2 is 2.00 bits per heavy atom. The zero-order valence-electron chi connectivity index (χ0n) is 5.02. The van der Waals surface area contributed by atoms with Crippen molar-refractivity contribution in [1.82, 2.24) is 5.48 Å². The van der Waals surface area contributed by atoms with Crippen LogP contribution < -0.4 is 5.48 Å². The number of hydroxylamine groups is 1. The Kier molecular flexibility index (Phi) is 3.70. The molecule has 0 saturated carbocycles. The molecule has 0 aliphatic rings. The third-order valence-corrected chi connectivity index (χ3v) is 1.65. The fraction of sp³-hybridized carbons (Fsp3) is 0.667. The highest BCUT2D eigenvalue weighted by Crippen LogP contribution is 2.36. The Morgan fingerprint density at radius 3 is 2.30 bits per heavy atom. The van der Waals surface area contributed by atoms with E-state index in [9.17, 15) is 9.36 Å². The van der Waals surface area contributed by atoms with Gasteiger partial charge in [-0.2, -0.15) is 0 Å². The van der Waals surface area contributed by atoms with Gasteiger partial charge in [-0.3, -0.25) is 9.36 Å². The van der Waals surface area contributed by atoms with E-state index in [-0.39, 0.29) is 13.0 Å². The molecule has 0 spiro atoms. The minimum absolute atomic E-state index is 0.149. The molecule has 0 aliphatic heterocycles. The molecule has 0 aromatic rings. The summed E-state index contributed by atoms with van der Waals surface area (Å²) in [7, 11) is -4.58. The van der Waals surface area contributed by atoms with Crippen LogP contribution in [0.4, 0.5) is 0 Å². The van der Waals surface area contributed by atoms with Gasteiger partial charge in [0.25, 0.3) is 0 Å². The number of carbonyl (C=O) groups excluding carboxylic acids is 1. The number of carbonyl (C=O) groups is 1. The zero-order chi connectivity index (χ0) is 8.20. The maximum atomic E-state index is 10.3. The molecular formula is C3H8NO5P. The zero-order valence-corrected chi connectivity index (χ0v) is 5.91. The van der Waals surface area contributed by atoms with E-state index in [1.54, 1.807) is 5.48 Å². The second kappa shape index (κ2) is 3.80. The van der Waals surface area contributed by atoms with Crippen molar-refractivity contribution in [2.24, 2.45) is 0 Å². The molecule has 0 aromatic carbocycles. The molecule has 0 bridgehead atoms. The van der Waals surface area contributed by atoms with Crippen LogP contribution in [0.1, 0.15) is 6.42 Å². The summed E-state index contributed by atoms with van der Waals surface area (Å²) >= 11 is 0. The van der Waals surface area contributed by atoms with Crippen LogP contribution in [0.15, 0.2) is 0 Å². The van der Waals surface area contributed by atoms with Crippen LogP contribution in [0, 0.1) is 0 Å². The van der Waals surface area contributed by atoms with E-state index in [4.69, 9.17) is 15.0 Å². The maximum Gasteiger partial charge on any atom is 0.391 e. The van der Waals surface area contributed by atoms with Gasteiger partial charge in [0.05, 0.1) is 0 Å². The molecule has 0 aromatic heterocycles. The van der Waals surface area contributed by atoms with Gasteiger partial charge in [0.2, 0.25) is 5.52 Å². The second-order valence-electron chi connectivity index (χ2n) is 1.60. The van der Waals surface area contributed by atoms with E-state index in [0.29, 0.717) is 0 Å². The van der Waals surface area contributed by atoms with Crippen molar-refractivity contribution < 1.29 is 24.4 Å². The molecule has 6 nitrogen and oxygen atoms in total. The molecule has 0 rings (SSSR count). The van der Waals surface area contributed by atoms with Crippen LogP contribution in [0.25, 0.3) is 0 Å². The predicted octanol–water partition coefficient (Wildman–Crippen LogP) is -0.940. The number of rotatable bonds is 4. The first-order chi connectivity index (χ1) is 4.48. The Labute approximate surface area is 57.0 Å². The van der Waals surface area contributed by atoms with Crippen molar-refractivity contribution in [1.29, 1.82) is 0 Å². The summed E-state index contributed by atoms with van der Waals surface area (Å²) in [5, 5.41) is 7.93. The Morgan fingerprint density at radius 1 is 1.50 bits per heavy atom. The maximum absolute atomic E-state index is 10.3. The van der Waals surface area contributed by atoms with Crippen molar-refractivity contribution >= 4 is 13.1 Å². The minimum Gasteiger partial charge on any atom is -0.319 e. The van der Waals surface area contributed by atoms with Gasteiger partial charge < -0.3 is 15.0 Å². The topological polar surface area (TPSA) is 107 Å². The highest BCUT2D eigenvalue weighted by molar-refractivity contribution is 7.70. The smallest absolute Gasteiger partial charge is 0.319 e. The van der Waals surface area contributed by atoms with Crippen molar-refractivity contribution in [3.63, 3.8) is 0 Å². The highest BCUT2D eigenvalue weighted by Gasteiger charge is 2.24. The number of hydrogen-bond acceptors (Lipinski definition) is 4. The molecule has 0 aliphatic carbocycles. The van der Waals surface area contributed by atoms with Gasteiger partial charge in [0, 0.05) is 13.0 Å². The van der Waals surface area contributed by atoms with Gasteiger partial charge in [-0.1, -0.05) is 0 Å². The third-order valence-electron chi connectivity index (χ3n) is 0.776. The van der Waals surface area contributed by atoms with E-state index < -0.39 is 13.1 Å². The molecule has 0 radical (unpaired) electrons. The van der Waals surface area contributed by atoms with E-state index in [0.717, 1.165) is 0 Å². The third kappa shape index (κ3) is 3.71. The lowest BCUT2D eigenvalue weighted by atomic mass is 10.5. The first-order valence-electron chi connectivity index (χ1n) is 2.44. The molecule has 0 unspecified atom stereocenters. The van der Waals surface area contributed by atoms with E-state index in [2.05, 4.69) is 0 Å². The predicted molar refractivity (Wildman–Crippen MR) is 31.5 cm³/mol. The molecular weight excluding hydrogens is 161 g/mol. The van der Waals surface area contributed by atoms with Crippen LogP contribution in [-0.2, 0) is 9.36 Å². The number of nitrogens with one attached hydrogen (secondary N) is 1. The largest absolute Gasteiger partial charge is 0.391 e. The molecule has 10 heavy (non-hydrogen) atoms. The van der Waals surface area contributed by atoms with Crippen molar-refractivity contribution in [2.75, 3.05) is 6.54 Å². The van der Waals surface area contributed by atoms with E-state index in [1.807, 2.05) is 0 Å². The van der Waals surface area contributed by atoms with Crippen molar-refractivity contribution in [2.45, 2.75) is 6.42 Å². The summed E-state index contributed by atoms with van der Waals surface area (Å²) in [5.41, 5.74) is 0.434. The summed E-state index contributed by atoms with van der Waals surface area (Å²) in [4.78, 5) is 26.6. The normalized spacial score (nSPS) is 11.5. The van der Waals surface area contributed by atoms with E-state index >= 15 is 0 Å². The first-order valence-corrected chi connectivity index (χ1v) is 4.05. The monoisotopic (exact) mass is 169 g/mol. The average Bonchev–Trinajstić information content (AvgIpc) is 1.80. The van der Waals surface area contributed by atoms with Gasteiger partial charge >= 0.3 is 7.60 Å². The summed E-state index contributed by atoms with van der Waals surface area (Å²) in [6, 6.07) is 0. The minimum atomic E-state index is -4.58. The summed E-state index contributed by atoms with van der Waals surface area (Å²) < 4.78 is 10.1. The Balaban J connectivity index is 3.76. The molecule has 0 saturated heterocycles. The summed E-state index contributed by atoms with van der Waals surface area (Å²) in [6.07, 6.45) is -0.374. The van der Waals surface area contributed by atoms with Gasteiger partial charge in [-0.15, -0.1) is 0 Å². The molecule has 0 heterocycles. The van der Waals surface area contributed by atoms with Gasteiger partial charge in [-0.05, 0) is 0 Å². The second-order valence-corrected chi connectivity index (χ2v) is 3.18. The Bertz CT molecular complexity index is 162.